The second-order valence-corrected chi connectivity index (χ2v) is 9.78. The van der Waals surface area contributed by atoms with Crippen LogP contribution in [0.25, 0.3) is 10.9 Å². The second kappa shape index (κ2) is 12.7. The lowest BCUT2D eigenvalue weighted by Crippen LogP contribution is -2.64. The van der Waals surface area contributed by atoms with Gasteiger partial charge in [-0.3, -0.25) is 14.4 Å². The molecule has 37 heavy (non-hydrogen) atoms. The molecule has 1 aromatic heterocycles. The minimum Gasteiger partial charge on any atom is -0.393 e. The Kier molecular flexibility index (Phi) is 9.64. The van der Waals surface area contributed by atoms with Crippen LogP contribution in [0, 0.1) is 6.92 Å². The van der Waals surface area contributed by atoms with Gasteiger partial charge in [0.15, 0.2) is 11.3 Å². The van der Waals surface area contributed by atoms with Crippen LogP contribution in [0.3, 0.4) is 0 Å². The molecule has 198 valence electrons. The van der Waals surface area contributed by atoms with Crippen molar-refractivity contribution in [3.05, 3.63) is 71.4 Å². The molecule has 2 unspecified atom stereocenters. The van der Waals surface area contributed by atoms with Crippen LogP contribution in [0.5, 0.6) is 0 Å². The molecule has 0 saturated heterocycles. The molecule has 0 aliphatic heterocycles. The van der Waals surface area contributed by atoms with Gasteiger partial charge < -0.3 is 20.3 Å². The van der Waals surface area contributed by atoms with Crippen molar-refractivity contribution in [2.24, 2.45) is 0 Å². The van der Waals surface area contributed by atoms with E-state index in [1.54, 1.807) is 37.4 Å². The Hall–Kier alpha value is -3.45. The van der Waals surface area contributed by atoms with E-state index in [1.807, 2.05) is 45.0 Å². The predicted molar refractivity (Wildman–Crippen MR) is 146 cm³/mol. The average Bonchev–Trinajstić information content (AvgIpc) is 3.23. The molecular formula is C30H39N3O4. The first-order valence-corrected chi connectivity index (χ1v) is 13.1. The quantitative estimate of drug-likeness (QED) is 0.234. The molecule has 0 spiro atoms. The number of para-hydroxylation sites is 1. The van der Waals surface area contributed by atoms with Gasteiger partial charge in [0.2, 0.25) is 5.91 Å². The molecule has 0 aliphatic carbocycles. The Morgan fingerprint density at radius 2 is 1.73 bits per heavy atom. The van der Waals surface area contributed by atoms with Crippen molar-refractivity contribution in [1.82, 2.24) is 15.2 Å². The molecule has 0 radical (unpaired) electrons. The summed E-state index contributed by atoms with van der Waals surface area (Å²) < 4.78 is 0. The number of rotatable bonds is 13. The van der Waals surface area contributed by atoms with Gasteiger partial charge in [-0.15, -0.1) is 0 Å². The zero-order valence-electron chi connectivity index (χ0n) is 22.3. The Morgan fingerprint density at radius 1 is 1.05 bits per heavy atom. The van der Waals surface area contributed by atoms with E-state index in [0.717, 1.165) is 35.0 Å². The standard InChI is InChI=1S/C30H39N3O4/c1-5-7-19-33(4)29(37)30(18-17-23(34)6-2,28(36)22-13-9-8-10-14-22)32-27(35)20-25-21(3)31-26-16-12-11-15-24(25)26/h8-16,23,31,34H,5-7,17-20H2,1-4H3,(H,32,35). The summed E-state index contributed by atoms with van der Waals surface area (Å²) in [6.45, 7) is 6.25. The number of fused-ring (bicyclic) bond motifs is 1. The molecule has 0 saturated carbocycles. The Balaban J connectivity index is 2.03. The second-order valence-electron chi connectivity index (χ2n) is 9.78. The van der Waals surface area contributed by atoms with Crippen LogP contribution in [0.1, 0.15) is 67.6 Å². The number of aromatic amines is 1. The fraction of sp³-hybridized carbons (Fsp3) is 0.433. The first-order chi connectivity index (χ1) is 17.7. The Labute approximate surface area is 219 Å². The summed E-state index contributed by atoms with van der Waals surface area (Å²) in [4.78, 5) is 46.5. The number of aliphatic hydroxyl groups is 1. The zero-order chi connectivity index (χ0) is 27.0. The van der Waals surface area contributed by atoms with Crippen molar-refractivity contribution in [2.45, 2.75) is 70.9 Å². The smallest absolute Gasteiger partial charge is 0.256 e. The van der Waals surface area contributed by atoms with Gasteiger partial charge in [0, 0.05) is 35.8 Å². The number of hydrogen-bond acceptors (Lipinski definition) is 4. The van der Waals surface area contributed by atoms with Crippen LogP contribution in [0.2, 0.25) is 0 Å². The van der Waals surface area contributed by atoms with Crippen molar-refractivity contribution >= 4 is 28.5 Å². The fourth-order valence-electron chi connectivity index (χ4n) is 4.74. The molecule has 2 amide bonds. The third kappa shape index (κ3) is 6.46. The molecule has 0 fully saturated rings. The van der Waals surface area contributed by atoms with Gasteiger partial charge in [0.1, 0.15) is 0 Å². The minimum absolute atomic E-state index is 0.00361. The van der Waals surface area contributed by atoms with Gasteiger partial charge in [0.05, 0.1) is 12.5 Å². The molecule has 3 aromatic rings. The number of nitrogens with one attached hydrogen (secondary N) is 2. The number of carbonyl (C=O) groups excluding carboxylic acids is 3. The van der Waals surface area contributed by atoms with Gasteiger partial charge in [0.25, 0.3) is 5.91 Å². The summed E-state index contributed by atoms with van der Waals surface area (Å²) in [7, 11) is 1.66. The number of unbranched alkanes of at least 4 members (excludes halogenated alkanes) is 1. The molecule has 1 heterocycles. The van der Waals surface area contributed by atoms with Crippen molar-refractivity contribution in [3.8, 4) is 0 Å². The summed E-state index contributed by atoms with van der Waals surface area (Å²) in [5.41, 5.74) is 1.14. The normalized spacial score (nSPS) is 13.6. The largest absolute Gasteiger partial charge is 0.393 e. The van der Waals surface area contributed by atoms with Crippen LogP contribution in [0.4, 0.5) is 0 Å². The van der Waals surface area contributed by atoms with Crippen molar-refractivity contribution in [2.75, 3.05) is 13.6 Å². The number of nitrogens with zero attached hydrogens (tertiary/aromatic N) is 1. The lowest BCUT2D eigenvalue weighted by Gasteiger charge is -2.36. The highest BCUT2D eigenvalue weighted by Gasteiger charge is 2.48. The van der Waals surface area contributed by atoms with Crippen LogP contribution < -0.4 is 5.32 Å². The van der Waals surface area contributed by atoms with E-state index in [0.29, 0.717) is 18.5 Å². The van der Waals surface area contributed by atoms with Gasteiger partial charge in [-0.05, 0) is 44.2 Å². The molecule has 7 nitrogen and oxygen atoms in total. The molecule has 3 N–H and O–H groups in total. The molecule has 0 aliphatic rings. The van der Waals surface area contributed by atoms with E-state index >= 15 is 0 Å². The SMILES string of the molecule is CCCCN(C)C(=O)C(CCC(O)CC)(NC(=O)Cc1c(C)[nH]c2ccccc12)C(=O)c1ccccc1. The topological polar surface area (TPSA) is 102 Å². The number of carbonyl (C=O) groups is 3. The number of aryl methyl sites for hydroxylation is 1. The van der Waals surface area contributed by atoms with Crippen molar-refractivity contribution in [1.29, 1.82) is 0 Å². The Morgan fingerprint density at radius 3 is 2.41 bits per heavy atom. The first-order valence-electron chi connectivity index (χ1n) is 13.1. The van der Waals surface area contributed by atoms with Crippen LogP contribution in [0.15, 0.2) is 54.6 Å². The number of Topliss-reactive ketones (excluding diaryl/α,β-unsaturated/α-hetero) is 1. The molecule has 2 atom stereocenters. The van der Waals surface area contributed by atoms with Crippen LogP contribution in [-0.2, 0) is 16.0 Å². The number of hydrogen-bond donors (Lipinski definition) is 3. The number of ketones is 1. The highest BCUT2D eigenvalue weighted by atomic mass is 16.3. The van der Waals surface area contributed by atoms with Gasteiger partial charge in [-0.1, -0.05) is 68.8 Å². The maximum atomic E-state index is 14.1. The minimum atomic E-state index is -1.82. The van der Waals surface area contributed by atoms with Gasteiger partial charge in [-0.2, -0.15) is 0 Å². The molecular weight excluding hydrogens is 466 g/mol. The number of benzene rings is 2. The molecule has 3 rings (SSSR count). The lowest BCUT2D eigenvalue weighted by atomic mass is 9.82. The van der Waals surface area contributed by atoms with Crippen LogP contribution >= 0.6 is 0 Å². The maximum Gasteiger partial charge on any atom is 0.256 e. The third-order valence-corrected chi connectivity index (χ3v) is 7.02. The molecule has 0 bridgehead atoms. The van der Waals surface area contributed by atoms with E-state index in [2.05, 4.69) is 10.3 Å². The molecule has 7 heteroatoms. The first kappa shape index (κ1) is 28.1. The Bertz CT molecular complexity index is 1220. The van der Waals surface area contributed by atoms with Crippen molar-refractivity contribution < 1.29 is 19.5 Å². The lowest BCUT2D eigenvalue weighted by molar-refractivity contribution is -0.139. The number of amides is 2. The fourth-order valence-corrected chi connectivity index (χ4v) is 4.74. The van der Waals surface area contributed by atoms with E-state index < -0.39 is 29.2 Å². The van der Waals surface area contributed by atoms with E-state index in [1.165, 1.54) is 4.90 Å². The summed E-state index contributed by atoms with van der Waals surface area (Å²) in [6, 6.07) is 16.3. The predicted octanol–water partition coefficient (Wildman–Crippen LogP) is 4.57. The van der Waals surface area contributed by atoms with E-state index in [4.69, 9.17) is 0 Å². The summed E-state index contributed by atoms with van der Waals surface area (Å²) >= 11 is 0. The zero-order valence-corrected chi connectivity index (χ0v) is 22.3. The highest BCUT2D eigenvalue weighted by Crippen LogP contribution is 2.27. The van der Waals surface area contributed by atoms with E-state index in [-0.39, 0.29) is 19.3 Å². The van der Waals surface area contributed by atoms with Gasteiger partial charge >= 0.3 is 0 Å². The third-order valence-electron chi connectivity index (χ3n) is 7.02. The number of H-pyrrole nitrogens is 1. The van der Waals surface area contributed by atoms with Crippen molar-refractivity contribution in [3.63, 3.8) is 0 Å². The maximum absolute atomic E-state index is 14.1. The number of aliphatic hydroxyl groups excluding tert-OH is 1. The average molecular weight is 506 g/mol. The monoisotopic (exact) mass is 505 g/mol. The number of aromatic nitrogens is 1. The van der Waals surface area contributed by atoms with E-state index in [9.17, 15) is 19.5 Å². The summed E-state index contributed by atoms with van der Waals surface area (Å²) in [5.74, 6) is -1.34. The summed E-state index contributed by atoms with van der Waals surface area (Å²) in [6.07, 6.45) is 1.68. The van der Waals surface area contributed by atoms with Crippen LogP contribution in [-0.4, -0.2) is 57.8 Å². The summed E-state index contributed by atoms with van der Waals surface area (Å²) in [5, 5.41) is 14.2. The molecule has 2 aromatic carbocycles. The number of likely N-dealkylation sites (N-methyl/N-ethyl adjacent to an activating group) is 1. The van der Waals surface area contributed by atoms with Gasteiger partial charge in [-0.25, -0.2) is 0 Å². The highest BCUT2D eigenvalue weighted by molar-refractivity contribution is 6.19.